The Bertz CT molecular complexity index is 308. The van der Waals surface area contributed by atoms with Crippen LogP contribution in [0, 0.1) is 0 Å². The molecule has 0 saturated carbocycles. The molecule has 2 atom stereocenters. The first kappa shape index (κ1) is 11.2. The van der Waals surface area contributed by atoms with Crippen molar-refractivity contribution in [3.63, 3.8) is 0 Å². The molecule has 16 heavy (non-hydrogen) atoms. The quantitative estimate of drug-likeness (QED) is 0.685. The lowest BCUT2D eigenvalue weighted by atomic mass is 10.2. The number of carbonyl (C=O) groups is 2. The maximum Gasteiger partial charge on any atom is 0.320 e. The minimum absolute atomic E-state index is 0.0136. The molecule has 2 heterocycles. The predicted octanol–water partition coefficient (Wildman–Crippen LogP) is -0.441. The number of nitrogens with one attached hydrogen (secondary N) is 1. The number of hydrogen-bond acceptors (Lipinski definition) is 3. The van der Waals surface area contributed by atoms with Gasteiger partial charge in [-0.15, -0.1) is 0 Å². The van der Waals surface area contributed by atoms with Gasteiger partial charge in [0.05, 0.1) is 12.5 Å². The van der Waals surface area contributed by atoms with Gasteiger partial charge in [-0.2, -0.15) is 0 Å². The lowest BCUT2D eigenvalue weighted by Crippen LogP contribution is -2.50. The molecule has 2 amide bonds. The summed E-state index contributed by atoms with van der Waals surface area (Å²) >= 11 is 0. The van der Waals surface area contributed by atoms with Crippen molar-refractivity contribution in [2.45, 2.75) is 25.4 Å². The fraction of sp³-hybridized carbons (Fsp3) is 0.800. The third-order valence-electron chi connectivity index (χ3n) is 3.25. The van der Waals surface area contributed by atoms with E-state index < -0.39 is 5.97 Å². The summed E-state index contributed by atoms with van der Waals surface area (Å²) < 4.78 is 0. The van der Waals surface area contributed by atoms with E-state index in [4.69, 9.17) is 5.11 Å². The van der Waals surface area contributed by atoms with Crippen molar-refractivity contribution < 1.29 is 14.7 Å². The van der Waals surface area contributed by atoms with Crippen molar-refractivity contribution in [3.8, 4) is 0 Å². The Morgan fingerprint density at radius 3 is 3.06 bits per heavy atom. The van der Waals surface area contributed by atoms with Crippen molar-refractivity contribution in [1.29, 1.82) is 0 Å². The van der Waals surface area contributed by atoms with Gasteiger partial charge in [-0.1, -0.05) is 0 Å². The molecule has 2 fully saturated rings. The van der Waals surface area contributed by atoms with Crippen LogP contribution in [0.3, 0.4) is 0 Å². The van der Waals surface area contributed by atoms with Crippen LogP contribution in [0.1, 0.15) is 13.3 Å². The molecule has 6 heteroatoms. The second-order valence-corrected chi connectivity index (χ2v) is 4.43. The number of rotatable bonds is 3. The molecule has 2 aliphatic heterocycles. The van der Waals surface area contributed by atoms with E-state index in [1.165, 1.54) is 0 Å². The molecule has 0 unspecified atom stereocenters. The Balaban J connectivity index is 2.01. The first-order chi connectivity index (χ1) is 7.59. The van der Waals surface area contributed by atoms with Crippen LogP contribution < -0.4 is 5.32 Å². The minimum Gasteiger partial charge on any atom is -0.481 e. The van der Waals surface area contributed by atoms with Crippen molar-refractivity contribution in [2.24, 2.45) is 0 Å². The van der Waals surface area contributed by atoms with Gasteiger partial charge >= 0.3 is 12.0 Å². The second-order valence-electron chi connectivity index (χ2n) is 4.43. The molecule has 90 valence electrons. The van der Waals surface area contributed by atoms with Gasteiger partial charge in [-0.25, -0.2) is 4.79 Å². The zero-order valence-electron chi connectivity index (χ0n) is 9.35. The van der Waals surface area contributed by atoms with E-state index in [1.807, 2.05) is 4.90 Å². The summed E-state index contributed by atoms with van der Waals surface area (Å²) in [5.74, 6) is -0.858. The van der Waals surface area contributed by atoms with Crippen LogP contribution in [0.25, 0.3) is 0 Å². The molecule has 0 spiro atoms. The summed E-state index contributed by atoms with van der Waals surface area (Å²) in [6.45, 7) is 4.78. The predicted molar refractivity (Wildman–Crippen MR) is 57.2 cm³/mol. The molecule has 2 N–H and O–H groups in total. The highest BCUT2D eigenvalue weighted by Crippen LogP contribution is 2.20. The van der Waals surface area contributed by atoms with E-state index in [2.05, 4.69) is 5.32 Å². The summed E-state index contributed by atoms with van der Waals surface area (Å²) in [6.07, 6.45) is 0.0136. The van der Waals surface area contributed by atoms with Gasteiger partial charge in [-0.3, -0.25) is 4.79 Å². The maximum absolute atomic E-state index is 12.0. The Kier molecular flexibility index (Phi) is 3.00. The average molecular weight is 227 g/mol. The molecule has 6 nitrogen and oxygen atoms in total. The van der Waals surface area contributed by atoms with Crippen LogP contribution in [-0.4, -0.2) is 65.2 Å². The number of carbonyl (C=O) groups excluding carboxylic acids is 1. The van der Waals surface area contributed by atoms with Crippen molar-refractivity contribution in [1.82, 2.24) is 15.1 Å². The monoisotopic (exact) mass is 227 g/mol. The zero-order chi connectivity index (χ0) is 11.7. The number of hydrogen-bond donors (Lipinski definition) is 2. The third kappa shape index (κ3) is 1.97. The lowest BCUT2D eigenvalue weighted by molar-refractivity contribution is -0.137. The van der Waals surface area contributed by atoms with Gasteiger partial charge in [0.15, 0.2) is 0 Å². The number of carboxylic acids is 1. The van der Waals surface area contributed by atoms with Crippen LogP contribution in [0.15, 0.2) is 0 Å². The molecule has 0 aliphatic carbocycles. The van der Waals surface area contributed by atoms with Crippen LogP contribution in [-0.2, 0) is 4.79 Å². The number of piperazine rings is 1. The number of amides is 2. The molecule has 2 saturated heterocycles. The average Bonchev–Trinajstić information content (AvgIpc) is 2.56. The normalized spacial score (nSPS) is 26.8. The molecular weight excluding hydrogens is 210 g/mol. The molecule has 2 rings (SSSR count). The SMILES string of the molecule is C[C@@H](CC(=O)O)N1C[C@@H]2CNCCN2C1=O. The van der Waals surface area contributed by atoms with Crippen LogP contribution in [0.5, 0.6) is 0 Å². The number of carboxylic acid groups (broad SMARTS) is 1. The van der Waals surface area contributed by atoms with E-state index in [0.29, 0.717) is 6.54 Å². The summed E-state index contributed by atoms with van der Waals surface area (Å²) in [7, 11) is 0. The van der Waals surface area contributed by atoms with E-state index >= 15 is 0 Å². The second kappa shape index (κ2) is 4.29. The smallest absolute Gasteiger partial charge is 0.320 e. The standard InChI is InChI=1S/C10H17N3O3/c1-7(4-9(14)15)13-6-8-5-11-2-3-12(8)10(13)16/h7-8,11H,2-6H2,1H3,(H,14,15)/t7-,8-/m0/s1. The van der Waals surface area contributed by atoms with Crippen molar-refractivity contribution in [2.75, 3.05) is 26.2 Å². The van der Waals surface area contributed by atoms with E-state index in [1.54, 1.807) is 11.8 Å². The van der Waals surface area contributed by atoms with Crippen molar-refractivity contribution >= 4 is 12.0 Å². The number of nitrogens with zero attached hydrogens (tertiary/aromatic N) is 2. The molecular formula is C10H17N3O3. The zero-order valence-corrected chi connectivity index (χ0v) is 9.35. The molecule has 0 radical (unpaired) electrons. The highest BCUT2D eigenvalue weighted by atomic mass is 16.4. The Labute approximate surface area is 94.2 Å². The van der Waals surface area contributed by atoms with E-state index in [9.17, 15) is 9.59 Å². The third-order valence-corrected chi connectivity index (χ3v) is 3.25. The Morgan fingerprint density at radius 1 is 1.69 bits per heavy atom. The molecule has 0 aromatic carbocycles. The van der Waals surface area contributed by atoms with E-state index in [-0.39, 0.29) is 24.5 Å². The Morgan fingerprint density at radius 2 is 2.44 bits per heavy atom. The van der Waals surface area contributed by atoms with Gasteiger partial charge in [0.25, 0.3) is 0 Å². The molecule has 0 bridgehead atoms. The van der Waals surface area contributed by atoms with Gasteiger partial charge in [0.2, 0.25) is 0 Å². The first-order valence-corrected chi connectivity index (χ1v) is 5.59. The topological polar surface area (TPSA) is 72.9 Å². The fourth-order valence-electron chi connectivity index (χ4n) is 2.38. The summed E-state index contributed by atoms with van der Waals surface area (Å²) in [5, 5.41) is 12.0. The molecule has 0 aromatic heterocycles. The van der Waals surface area contributed by atoms with Crippen LogP contribution in [0.2, 0.25) is 0 Å². The fourth-order valence-corrected chi connectivity index (χ4v) is 2.38. The summed E-state index contributed by atoms with van der Waals surface area (Å²) in [4.78, 5) is 26.1. The number of fused-ring (bicyclic) bond motifs is 1. The summed E-state index contributed by atoms with van der Waals surface area (Å²) in [5.41, 5.74) is 0. The minimum atomic E-state index is -0.858. The van der Waals surface area contributed by atoms with Crippen LogP contribution >= 0.6 is 0 Å². The number of aliphatic carboxylic acids is 1. The van der Waals surface area contributed by atoms with Gasteiger partial charge < -0.3 is 20.2 Å². The van der Waals surface area contributed by atoms with Crippen LogP contribution in [0.4, 0.5) is 4.79 Å². The largest absolute Gasteiger partial charge is 0.481 e. The maximum atomic E-state index is 12.0. The first-order valence-electron chi connectivity index (χ1n) is 5.59. The van der Waals surface area contributed by atoms with Gasteiger partial charge in [-0.05, 0) is 6.92 Å². The highest BCUT2D eigenvalue weighted by molar-refractivity contribution is 5.78. The Hall–Kier alpha value is -1.30. The number of urea groups is 1. The summed E-state index contributed by atoms with van der Waals surface area (Å²) in [6, 6.07) is -0.0339. The molecule has 2 aliphatic rings. The van der Waals surface area contributed by atoms with Gasteiger partial charge in [0, 0.05) is 32.2 Å². The highest BCUT2D eigenvalue weighted by Gasteiger charge is 2.40. The lowest BCUT2D eigenvalue weighted by Gasteiger charge is -2.28. The van der Waals surface area contributed by atoms with E-state index in [0.717, 1.165) is 19.6 Å². The van der Waals surface area contributed by atoms with Gasteiger partial charge in [0.1, 0.15) is 0 Å². The van der Waals surface area contributed by atoms with Crippen molar-refractivity contribution in [3.05, 3.63) is 0 Å². The molecule has 0 aromatic rings.